The number of amides is 1. The Labute approximate surface area is 146 Å². The first kappa shape index (κ1) is 17.6. The molecule has 136 valence electrons. The Morgan fingerprint density at radius 2 is 2.36 bits per heavy atom. The maximum absolute atomic E-state index is 12.2. The van der Waals surface area contributed by atoms with Gasteiger partial charge in [-0.2, -0.15) is 5.10 Å². The summed E-state index contributed by atoms with van der Waals surface area (Å²) in [6.07, 6.45) is 4.90. The SMILES string of the molecule is CCn1cc([C@@H]2OCC[C@H]2CN[C@H](C)C(=O)Nc2cc(C)on2)cn1. The van der Waals surface area contributed by atoms with Gasteiger partial charge >= 0.3 is 0 Å². The van der Waals surface area contributed by atoms with Gasteiger partial charge in [-0.05, 0) is 27.2 Å². The number of aryl methyl sites for hydroxylation is 2. The van der Waals surface area contributed by atoms with E-state index in [1.165, 1.54) is 0 Å². The summed E-state index contributed by atoms with van der Waals surface area (Å²) in [7, 11) is 0. The zero-order valence-corrected chi connectivity index (χ0v) is 14.9. The minimum atomic E-state index is -0.336. The number of aromatic nitrogens is 3. The van der Waals surface area contributed by atoms with Crippen molar-refractivity contribution in [2.45, 2.75) is 45.9 Å². The number of nitrogens with one attached hydrogen (secondary N) is 2. The molecule has 0 aromatic carbocycles. The molecule has 3 heterocycles. The number of hydrogen-bond donors (Lipinski definition) is 2. The molecule has 8 nitrogen and oxygen atoms in total. The van der Waals surface area contributed by atoms with Crippen molar-refractivity contribution in [2.75, 3.05) is 18.5 Å². The van der Waals surface area contributed by atoms with Crippen LogP contribution in [0.4, 0.5) is 5.82 Å². The van der Waals surface area contributed by atoms with Crippen LogP contribution in [0.25, 0.3) is 0 Å². The molecule has 0 aliphatic carbocycles. The summed E-state index contributed by atoms with van der Waals surface area (Å²) in [5, 5.41) is 14.1. The molecule has 1 aliphatic heterocycles. The van der Waals surface area contributed by atoms with Gasteiger partial charge in [-0.25, -0.2) is 0 Å². The van der Waals surface area contributed by atoms with Crippen LogP contribution in [0, 0.1) is 12.8 Å². The van der Waals surface area contributed by atoms with Crippen molar-refractivity contribution in [1.29, 1.82) is 0 Å². The van der Waals surface area contributed by atoms with E-state index in [4.69, 9.17) is 9.26 Å². The van der Waals surface area contributed by atoms with Crippen LogP contribution in [0.2, 0.25) is 0 Å². The summed E-state index contributed by atoms with van der Waals surface area (Å²) in [4.78, 5) is 12.2. The standard InChI is InChI=1S/C17H25N5O3/c1-4-22-10-14(9-19-22)16-13(5-6-24-16)8-18-12(3)17(23)20-15-7-11(2)25-21-15/h7,9-10,12-13,16,18H,4-6,8H2,1-3H3,(H,20,21,23)/t12-,13+,16-/m1/s1. The Morgan fingerprint density at radius 3 is 3.04 bits per heavy atom. The van der Waals surface area contributed by atoms with Crippen LogP contribution in [-0.4, -0.2) is 40.0 Å². The van der Waals surface area contributed by atoms with Crippen molar-refractivity contribution in [1.82, 2.24) is 20.3 Å². The van der Waals surface area contributed by atoms with E-state index in [-0.39, 0.29) is 18.1 Å². The fraction of sp³-hybridized carbons (Fsp3) is 0.588. The molecule has 8 heteroatoms. The van der Waals surface area contributed by atoms with E-state index in [1.807, 2.05) is 24.0 Å². The average molecular weight is 347 g/mol. The van der Waals surface area contributed by atoms with Gasteiger partial charge in [0.15, 0.2) is 5.82 Å². The molecule has 2 aromatic rings. The summed E-state index contributed by atoms with van der Waals surface area (Å²) in [5.74, 6) is 1.28. The normalized spacial score (nSPS) is 21.4. The zero-order chi connectivity index (χ0) is 17.8. The number of carbonyl (C=O) groups is 1. The third-order valence-electron chi connectivity index (χ3n) is 4.48. The Morgan fingerprint density at radius 1 is 1.52 bits per heavy atom. The van der Waals surface area contributed by atoms with Crippen LogP contribution < -0.4 is 10.6 Å². The predicted octanol–water partition coefficient (Wildman–Crippen LogP) is 1.89. The van der Waals surface area contributed by atoms with E-state index in [1.54, 1.807) is 13.0 Å². The van der Waals surface area contributed by atoms with Gasteiger partial charge in [-0.15, -0.1) is 0 Å². The van der Waals surface area contributed by atoms with Crippen LogP contribution in [0.5, 0.6) is 0 Å². The van der Waals surface area contributed by atoms with Crippen LogP contribution in [0.15, 0.2) is 23.0 Å². The lowest BCUT2D eigenvalue weighted by Gasteiger charge is -2.20. The molecule has 1 aliphatic rings. The highest BCUT2D eigenvalue weighted by molar-refractivity contribution is 5.93. The van der Waals surface area contributed by atoms with Gasteiger partial charge < -0.3 is 19.9 Å². The number of anilines is 1. The lowest BCUT2D eigenvalue weighted by Crippen LogP contribution is -2.40. The quantitative estimate of drug-likeness (QED) is 0.794. The van der Waals surface area contributed by atoms with E-state index in [2.05, 4.69) is 27.8 Å². The number of ether oxygens (including phenoxy) is 1. The second-order valence-electron chi connectivity index (χ2n) is 6.41. The molecule has 2 aromatic heterocycles. The molecule has 0 saturated carbocycles. The van der Waals surface area contributed by atoms with Gasteiger partial charge in [0.25, 0.3) is 0 Å². The van der Waals surface area contributed by atoms with Gasteiger partial charge in [0.1, 0.15) is 5.76 Å². The molecular formula is C17H25N5O3. The number of nitrogens with zero attached hydrogens (tertiary/aromatic N) is 3. The van der Waals surface area contributed by atoms with Gasteiger partial charge in [0.05, 0.1) is 18.3 Å². The minimum Gasteiger partial charge on any atom is -0.373 e. The van der Waals surface area contributed by atoms with E-state index < -0.39 is 0 Å². The maximum atomic E-state index is 12.2. The van der Waals surface area contributed by atoms with Crippen LogP contribution in [-0.2, 0) is 16.1 Å². The second-order valence-corrected chi connectivity index (χ2v) is 6.41. The summed E-state index contributed by atoms with van der Waals surface area (Å²) in [6, 6.07) is 1.35. The van der Waals surface area contributed by atoms with Crippen molar-refractivity contribution < 1.29 is 14.1 Å². The molecule has 1 fully saturated rings. The van der Waals surface area contributed by atoms with Crippen LogP contribution in [0.3, 0.4) is 0 Å². The summed E-state index contributed by atoms with van der Waals surface area (Å²) >= 11 is 0. The largest absolute Gasteiger partial charge is 0.373 e. The molecular weight excluding hydrogens is 322 g/mol. The average Bonchev–Trinajstić information content (AvgIpc) is 3.32. The van der Waals surface area contributed by atoms with Gasteiger partial charge in [-0.1, -0.05) is 5.16 Å². The van der Waals surface area contributed by atoms with Gasteiger partial charge in [0, 0.05) is 43.4 Å². The Kier molecular flexibility index (Phi) is 5.50. The van der Waals surface area contributed by atoms with Crippen molar-refractivity contribution >= 4 is 11.7 Å². The first-order chi connectivity index (χ1) is 12.1. The molecule has 1 amide bonds. The number of rotatable bonds is 7. The second kappa shape index (κ2) is 7.79. The lowest BCUT2D eigenvalue weighted by molar-refractivity contribution is -0.117. The summed E-state index contributed by atoms with van der Waals surface area (Å²) in [6.45, 7) is 7.95. The monoisotopic (exact) mass is 347 g/mol. The molecule has 3 rings (SSSR count). The highest BCUT2D eigenvalue weighted by atomic mass is 16.5. The van der Waals surface area contributed by atoms with Crippen molar-refractivity contribution in [2.24, 2.45) is 5.92 Å². The Bertz CT molecular complexity index is 711. The van der Waals surface area contributed by atoms with E-state index in [9.17, 15) is 4.79 Å². The van der Waals surface area contributed by atoms with Gasteiger partial charge in [-0.3, -0.25) is 9.48 Å². The Balaban J connectivity index is 1.52. The first-order valence-electron chi connectivity index (χ1n) is 8.68. The molecule has 3 atom stereocenters. The fourth-order valence-electron chi connectivity index (χ4n) is 2.99. The van der Waals surface area contributed by atoms with Crippen molar-refractivity contribution in [3.05, 3.63) is 29.8 Å². The highest BCUT2D eigenvalue weighted by Crippen LogP contribution is 2.33. The van der Waals surface area contributed by atoms with Gasteiger partial charge in [0.2, 0.25) is 5.91 Å². The molecule has 1 saturated heterocycles. The lowest BCUT2D eigenvalue weighted by atomic mass is 9.97. The van der Waals surface area contributed by atoms with E-state index >= 15 is 0 Å². The molecule has 0 bridgehead atoms. The third-order valence-corrected chi connectivity index (χ3v) is 4.48. The Hall–Kier alpha value is -2.19. The smallest absolute Gasteiger partial charge is 0.242 e. The molecule has 2 N–H and O–H groups in total. The van der Waals surface area contributed by atoms with Crippen LogP contribution >= 0.6 is 0 Å². The predicted molar refractivity (Wildman–Crippen MR) is 92.0 cm³/mol. The summed E-state index contributed by atoms with van der Waals surface area (Å²) in [5.41, 5.74) is 1.10. The molecule has 25 heavy (non-hydrogen) atoms. The van der Waals surface area contributed by atoms with Crippen LogP contribution in [0.1, 0.15) is 37.7 Å². The highest BCUT2D eigenvalue weighted by Gasteiger charge is 2.31. The first-order valence-corrected chi connectivity index (χ1v) is 8.68. The summed E-state index contributed by atoms with van der Waals surface area (Å²) < 4.78 is 12.7. The number of carbonyl (C=O) groups excluding carboxylic acids is 1. The topological polar surface area (TPSA) is 94.2 Å². The minimum absolute atomic E-state index is 0.0289. The van der Waals surface area contributed by atoms with E-state index in [0.29, 0.717) is 24.0 Å². The molecule has 0 radical (unpaired) electrons. The number of hydrogen-bond acceptors (Lipinski definition) is 6. The third kappa shape index (κ3) is 4.26. The molecule has 0 unspecified atom stereocenters. The zero-order valence-electron chi connectivity index (χ0n) is 14.9. The molecule has 0 spiro atoms. The van der Waals surface area contributed by atoms with E-state index in [0.717, 1.165) is 25.1 Å². The fourth-order valence-corrected chi connectivity index (χ4v) is 2.99. The van der Waals surface area contributed by atoms with Crippen molar-refractivity contribution in [3.63, 3.8) is 0 Å². The maximum Gasteiger partial charge on any atom is 0.242 e. The van der Waals surface area contributed by atoms with Crippen molar-refractivity contribution in [3.8, 4) is 0 Å².